The van der Waals surface area contributed by atoms with Gasteiger partial charge in [-0.2, -0.15) is 0 Å². The van der Waals surface area contributed by atoms with E-state index >= 15 is 0 Å². The van der Waals surface area contributed by atoms with Crippen LogP contribution in [0, 0.1) is 5.92 Å². The van der Waals surface area contributed by atoms with Crippen LogP contribution in [-0.2, 0) is 14.8 Å². The van der Waals surface area contributed by atoms with Crippen molar-refractivity contribution in [2.45, 2.75) is 44.0 Å². The van der Waals surface area contributed by atoms with E-state index in [0.29, 0.717) is 0 Å². The molecule has 1 aromatic carbocycles. The van der Waals surface area contributed by atoms with E-state index in [4.69, 9.17) is 0 Å². The van der Waals surface area contributed by atoms with Crippen LogP contribution in [0.3, 0.4) is 0 Å². The summed E-state index contributed by atoms with van der Waals surface area (Å²) in [5, 5.41) is 9.93. The van der Waals surface area contributed by atoms with Crippen molar-refractivity contribution in [1.82, 2.24) is 14.9 Å². The third-order valence-corrected chi connectivity index (χ3v) is 7.54. The Morgan fingerprint density at radius 1 is 1.21 bits per heavy atom. The van der Waals surface area contributed by atoms with Crippen molar-refractivity contribution in [3.8, 4) is 0 Å². The quantitative estimate of drug-likeness (QED) is 0.693. The number of amides is 1. The summed E-state index contributed by atoms with van der Waals surface area (Å²) in [5.41, 5.74) is 2.03. The predicted octanol–water partition coefficient (Wildman–Crippen LogP) is 2.77. The van der Waals surface area contributed by atoms with Gasteiger partial charge in [0.15, 0.2) is 0 Å². The average Bonchev–Trinajstić information content (AvgIpc) is 3.11. The van der Waals surface area contributed by atoms with Crippen LogP contribution in [-0.4, -0.2) is 37.6 Å². The van der Waals surface area contributed by atoms with Crippen molar-refractivity contribution < 1.29 is 13.2 Å². The van der Waals surface area contributed by atoms with Crippen LogP contribution in [0.15, 0.2) is 28.6 Å². The van der Waals surface area contributed by atoms with Gasteiger partial charge in [-0.25, -0.2) is 13.1 Å². The monoisotopic (exact) mass is 423 g/mol. The Labute approximate surface area is 169 Å². The molecule has 1 fully saturated rings. The van der Waals surface area contributed by atoms with Gasteiger partial charge in [0.05, 0.1) is 0 Å². The lowest BCUT2D eigenvalue weighted by atomic mass is 9.98. The molecular weight excluding hydrogens is 398 g/mol. The number of hydrogen-bond donors (Lipinski definition) is 2. The Balaban J connectivity index is 1.65. The third-order valence-electron chi connectivity index (χ3n) is 4.79. The van der Waals surface area contributed by atoms with Crippen molar-refractivity contribution in [1.29, 1.82) is 0 Å². The van der Waals surface area contributed by atoms with Gasteiger partial charge < -0.3 is 10.2 Å². The number of benzene rings is 1. The SMILES string of the molecule is CC(=O)Nc1nnc(S(=O)(=O)N[C@H](C)c2ccc(N3CCC(C)CC3)cc2)s1. The second-order valence-electron chi connectivity index (χ2n) is 7.16. The average molecular weight is 424 g/mol. The van der Waals surface area contributed by atoms with E-state index in [-0.39, 0.29) is 15.4 Å². The smallest absolute Gasteiger partial charge is 0.270 e. The van der Waals surface area contributed by atoms with Crippen LogP contribution in [0.1, 0.15) is 45.2 Å². The van der Waals surface area contributed by atoms with E-state index in [2.05, 4.69) is 32.1 Å². The lowest BCUT2D eigenvalue weighted by molar-refractivity contribution is -0.114. The number of carbonyl (C=O) groups excluding carboxylic acids is 1. The molecule has 2 heterocycles. The molecule has 1 aromatic heterocycles. The second-order valence-corrected chi connectivity index (χ2v) is 10.0. The van der Waals surface area contributed by atoms with E-state index in [9.17, 15) is 13.2 Å². The Kier molecular flexibility index (Phi) is 6.31. The largest absolute Gasteiger partial charge is 0.372 e. The molecule has 1 aliphatic heterocycles. The molecule has 0 radical (unpaired) electrons. The Morgan fingerprint density at radius 2 is 1.86 bits per heavy atom. The van der Waals surface area contributed by atoms with E-state index in [0.717, 1.165) is 41.6 Å². The van der Waals surface area contributed by atoms with Gasteiger partial charge in [-0.3, -0.25) is 4.79 Å². The van der Waals surface area contributed by atoms with E-state index in [1.165, 1.54) is 19.8 Å². The van der Waals surface area contributed by atoms with Gasteiger partial charge in [0.1, 0.15) is 0 Å². The molecular formula is C18H25N5O3S2. The fourth-order valence-electron chi connectivity index (χ4n) is 3.11. The maximum Gasteiger partial charge on any atom is 0.270 e. The number of nitrogens with zero attached hydrogens (tertiary/aromatic N) is 3. The Bertz CT molecular complexity index is 919. The fraction of sp³-hybridized carbons (Fsp3) is 0.500. The molecule has 152 valence electrons. The lowest BCUT2D eigenvalue weighted by Crippen LogP contribution is -2.32. The summed E-state index contributed by atoms with van der Waals surface area (Å²) in [6, 6.07) is 7.55. The second kappa shape index (κ2) is 8.54. The molecule has 1 aliphatic rings. The summed E-state index contributed by atoms with van der Waals surface area (Å²) in [7, 11) is -3.83. The summed E-state index contributed by atoms with van der Waals surface area (Å²) in [6.45, 7) is 7.49. The minimum Gasteiger partial charge on any atom is -0.372 e. The van der Waals surface area contributed by atoms with Crippen molar-refractivity contribution in [3.05, 3.63) is 29.8 Å². The first-order chi connectivity index (χ1) is 13.2. The van der Waals surface area contributed by atoms with Gasteiger partial charge in [0, 0.05) is 31.7 Å². The Hall–Kier alpha value is -2.04. The van der Waals surface area contributed by atoms with Crippen LogP contribution in [0.25, 0.3) is 0 Å². The molecule has 10 heteroatoms. The van der Waals surface area contributed by atoms with Gasteiger partial charge in [-0.1, -0.05) is 30.4 Å². The molecule has 3 rings (SSSR count). The number of carbonyl (C=O) groups is 1. The molecule has 0 spiro atoms. The number of hydrogen-bond acceptors (Lipinski definition) is 7. The van der Waals surface area contributed by atoms with Gasteiger partial charge in [0.25, 0.3) is 10.0 Å². The molecule has 28 heavy (non-hydrogen) atoms. The third kappa shape index (κ3) is 5.06. The number of sulfonamides is 1. The molecule has 0 unspecified atom stereocenters. The molecule has 1 saturated heterocycles. The Morgan fingerprint density at radius 3 is 2.46 bits per heavy atom. The minimum absolute atomic E-state index is 0.153. The molecule has 1 amide bonds. The van der Waals surface area contributed by atoms with Crippen LogP contribution in [0.4, 0.5) is 10.8 Å². The number of anilines is 2. The number of piperidine rings is 1. The highest BCUT2D eigenvalue weighted by Gasteiger charge is 2.24. The summed E-state index contributed by atoms with van der Waals surface area (Å²) < 4.78 is 27.5. The zero-order valence-electron chi connectivity index (χ0n) is 16.2. The molecule has 2 aromatic rings. The lowest BCUT2D eigenvalue weighted by Gasteiger charge is -2.32. The van der Waals surface area contributed by atoms with Crippen LogP contribution in [0.2, 0.25) is 0 Å². The number of nitrogens with one attached hydrogen (secondary N) is 2. The first kappa shape index (κ1) is 20.7. The van der Waals surface area contributed by atoms with Crippen LogP contribution in [0.5, 0.6) is 0 Å². The topological polar surface area (TPSA) is 104 Å². The standard InChI is InChI=1S/C18H25N5O3S2/c1-12-8-10-23(11-9-12)16-6-4-15(5-7-16)13(2)22-28(25,26)18-21-20-17(27-18)19-14(3)24/h4-7,12-13,22H,8-11H2,1-3H3,(H,19,20,24)/t13-/m1/s1. The minimum atomic E-state index is -3.83. The molecule has 1 atom stereocenters. The fourth-order valence-corrected chi connectivity index (χ4v) is 5.31. The van der Waals surface area contributed by atoms with Crippen molar-refractivity contribution in [3.63, 3.8) is 0 Å². The highest BCUT2D eigenvalue weighted by Crippen LogP contribution is 2.26. The van der Waals surface area contributed by atoms with Gasteiger partial charge in [0.2, 0.25) is 15.4 Å². The van der Waals surface area contributed by atoms with Gasteiger partial charge in [-0.15, -0.1) is 10.2 Å². The predicted molar refractivity (Wildman–Crippen MR) is 110 cm³/mol. The van der Waals surface area contributed by atoms with Crippen LogP contribution >= 0.6 is 11.3 Å². The molecule has 0 aliphatic carbocycles. The molecule has 2 N–H and O–H groups in total. The van der Waals surface area contributed by atoms with E-state index in [1.807, 2.05) is 24.3 Å². The van der Waals surface area contributed by atoms with Gasteiger partial charge in [-0.05, 0) is 43.4 Å². The highest BCUT2D eigenvalue weighted by atomic mass is 32.2. The maximum atomic E-state index is 12.5. The van der Waals surface area contributed by atoms with E-state index in [1.54, 1.807) is 6.92 Å². The number of rotatable bonds is 6. The van der Waals surface area contributed by atoms with Crippen LogP contribution < -0.4 is 14.9 Å². The molecule has 0 saturated carbocycles. The highest BCUT2D eigenvalue weighted by molar-refractivity contribution is 7.91. The summed E-state index contributed by atoms with van der Waals surface area (Å²) in [4.78, 5) is 13.4. The van der Waals surface area contributed by atoms with Gasteiger partial charge >= 0.3 is 0 Å². The summed E-state index contributed by atoms with van der Waals surface area (Å²) in [5.74, 6) is 0.446. The zero-order valence-corrected chi connectivity index (χ0v) is 17.8. The van der Waals surface area contributed by atoms with E-state index < -0.39 is 16.1 Å². The first-order valence-corrected chi connectivity index (χ1v) is 11.5. The zero-order chi connectivity index (χ0) is 20.3. The van der Waals surface area contributed by atoms with Crippen molar-refractivity contribution in [2.24, 2.45) is 5.92 Å². The number of aromatic nitrogens is 2. The van der Waals surface area contributed by atoms with Crippen molar-refractivity contribution in [2.75, 3.05) is 23.3 Å². The first-order valence-electron chi connectivity index (χ1n) is 9.23. The summed E-state index contributed by atoms with van der Waals surface area (Å²) in [6.07, 6.45) is 2.39. The normalized spacial score (nSPS) is 16.8. The maximum absolute atomic E-state index is 12.5. The molecule has 8 nitrogen and oxygen atoms in total. The van der Waals surface area contributed by atoms with Crippen molar-refractivity contribution >= 4 is 38.1 Å². The summed E-state index contributed by atoms with van der Waals surface area (Å²) >= 11 is 0.815. The molecule has 0 bridgehead atoms.